The molecule has 0 saturated carbocycles. The van der Waals surface area contributed by atoms with Crippen LogP contribution in [0.25, 0.3) is 11.0 Å². The number of hydrogen-bond donors (Lipinski definition) is 1. The summed E-state index contributed by atoms with van der Waals surface area (Å²) in [5.74, 6) is 0.805. The molecule has 1 N–H and O–H groups in total. The molecule has 2 aromatic carbocycles. The fraction of sp³-hybridized carbons (Fsp3) is 0.188. The van der Waals surface area contributed by atoms with Crippen molar-refractivity contribution < 1.29 is 5.11 Å². The average Bonchev–Trinajstić information content (AvgIpc) is 2.78. The fourth-order valence-electron chi connectivity index (χ4n) is 2.43. The van der Waals surface area contributed by atoms with Crippen LogP contribution in [0.5, 0.6) is 0 Å². The maximum Gasteiger partial charge on any atom is 0.112 e. The molecular formula is C16H14Cl2N2O. The van der Waals surface area contributed by atoms with E-state index in [1.807, 2.05) is 35.9 Å². The van der Waals surface area contributed by atoms with Gasteiger partial charge in [0.2, 0.25) is 0 Å². The van der Waals surface area contributed by atoms with Crippen LogP contribution in [0.15, 0.2) is 42.5 Å². The molecule has 21 heavy (non-hydrogen) atoms. The number of benzene rings is 2. The van der Waals surface area contributed by atoms with Crippen molar-refractivity contribution in [3.05, 3.63) is 63.9 Å². The Hall–Kier alpha value is -1.55. The predicted octanol–water partition coefficient (Wildman–Crippen LogP) is 4.16. The summed E-state index contributed by atoms with van der Waals surface area (Å²) in [4.78, 5) is 4.56. The van der Waals surface area contributed by atoms with Crippen molar-refractivity contribution in [3.8, 4) is 0 Å². The third kappa shape index (κ3) is 2.77. The number of rotatable bonds is 3. The maximum atomic E-state index is 10.4. The summed E-state index contributed by atoms with van der Waals surface area (Å²) in [5.41, 5.74) is 2.58. The van der Waals surface area contributed by atoms with Crippen molar-refractivity contribution in [2.45, 2.75) is 12.5 Å². The lowest BCUT2D eigenvalue weighted by atomic mass is 10.1. The standard InChI is InChI=1S/C16H14Cl2N2O/c1-20-14-5-3-2-4-13(14)19-16(20)9-15(21)11-8-10(17)6-7-12(11)18/h2-8,15,21H,9H2,1H3. The van der Waals surface area contributed by atoms with Gasteiger partial charge in [-0.25, -0.2) is 4.98 Å². The van der Waals surface area contributed by atoms with E-state index in [4.69, 9.17) is 23.2 Å². The smallest absolute Gasteiger partial charge is 0.112 e. The van der Waals surface area contributed by atoms with Crippen molar-refractivity contribution in [1.29, 1.82) is 0 Å². The molecule has 0 aliphatic heterocycles. The molecule has 108 valence electrons. The van der Waals surface area contributed by atoms with E-state index in [9.17, 15) is 5.11 Å². The monoisotopic (exact) mass is 320 g/mol. The largest absolute Gasteiger partial charge is 0.388 e. The number of fused-ring (bicyclic) bond motifs is 1. The second-order valence-electron chi connectivity index (χ2n) is 4.96. The van der Waals surface area contributed by atoms with Crippen LogP contribution in [0.4, 0.5) is 0 Å². The first-order valence-corrected chi connectivity index (χ1v) is 7.35. The van der Waals surface area contributed by atoms with Gasteiger partial charge in [0.1, 0.15) is 5.82 Å². The fourth-order valence-corrected chi connectivity index (χ4v) is 2.85. The highest BCUT2D eigenvalue weighted by molar-refractivity contribution is 6.33. The maximum absolute atomic E-state index is 10.4. The number of imidazole rings is 1. The first-order valence-electron chi connectivity index (χ1n) is 6.59. The minimum Gasteiger partial charge on any atom is -0.388 e. The van der Waals surface area contributed by atoms with E-state index in [0.29, 0.717) is 22.0 Å². The zero-order chi connectivity index (χ0) is 15.0. The molecule has 0 fully saturated rings. The summed E-state index contributed by atoms with van der Waals surface area (Å²) in [5, 5.41) is 11.5. The van der Waals surface area contributed by atoms with Gasteiger partial charge in [-0.3, -0.25) is 0 Å². The van der Waals surface area contributed by atoms with Gasteiger partial charge in [0.15, 0.2) is 0 Å². The number of aryl methyl sites for hydroxylation is 1. The molecule has 0 aliphatic rings. The zero-order valence-electron chi connectivity index (χ0n) is 11.4. The van der Waals surface area contributed by atoms with Gasteiger partial charge in [0.05, 0.1) is 17.1 Å². The third-order valence-electron chi connectivity index (χ3n) is 3.57. The summed E-state index contributed by atoms with van der Waals surface area (Å²) < 4.78 is 1.98. The molecule has 0 aliphatic carbocycles. The van der Waals surface area contributed by atoms with Gasteiger partial charge in [-0.15, -0.1) is 0 Å². The zero-order valence-corrected chi connectivity index (χ0v) is 12.9. The van der Waals surface area contributed by atoms with Crippen LogP contribution in [-0.4, -0.2) is 14.7 Å². The summed E-state index contributed by atoms with van der Waals surface area (Å²) in [6.45, 7) is 0. The third-order valence-corrected chi connectivity index (χ3v) is 4.15. The number of aliphatic hydroxyl groups is 1. The van der Waals surface area contributed by atoms with Gasteiger partial charge in [0, 0.05) is 29.1 Å². The molecule has 0 bridgehead atoms. The Labute approximate surface area is 132 Å². The van der Waals surface area contributed by atoms with Crippen molar-refractivity contribution in [2.24, 2.45) is 7.05 Å². The van der Waals surface area contributed by atoms with Gasteiger partial charge in [0.25, 0.3) is 0 Å². The van der Waals surface area contributed by atoms with Gasteiger partial charge < -0.3 is 9.67 Å². The van der Waals surface area contributed by atoms with E-state index in [1.54, 1.807) is 18.2 Å². The Kier molecular flexibility index (Phi) is 3.89. The lowest BCUT2D eigenvalue weighted by Gasteiger charge is -2.13. The van der Waals surface area contributed by atoms with Crippen molar-refractivity contribution >= 4 is 34.2 Å². The number of aromatic nitrogens is 2. The molecule has 3 rings (SSSR count). The highest BCUT2D eigenvalue weighted by Gasteiger charge is 2.16. The quantitative estimate of drug-likeness (QED) is 0.787. The second-order valence-corrected chi connectivity index (χ2v) is 5.81. The number of nitrogens with zero attached hydrogens (tertiary/aromatic N) is 2. The number of hydrogen-bond acceptors (Lipinski definition) is 2. The molecule has 0 spiro atoms. The summed E-state index contributed by atoms with van der Waals surface area (Å²) in [7, 11) is 1.94. The van der Waals surface area contributed by atoms with Gasteiger partial charge in [-0.05, 0) is 30.3 Å². The minimum absolute atomic E-state index is 0.380. The van der Waals surface area contributed by atoms with Crippen LogP contribution in [0, 0.1) is 0 Å². The van der Waals surface area contributed by atoms with E-state index in [1.165, 1.54) is 0 Å². The van der Waals surface area contributed by atoms with Crippen LogP contribution >= 0.6 is 23.2 Å². The molecule has 1 aromatic heterocycles. The molecule has 0 radical (unpaired) electrons. The van der Waals surface area contributed by atoms with E-state index >= 15 is 0 Å². The Morgan fingerprint density at radius 3 is 2.71 bits per heavy atom. The number of aliphatic hydroxyl groups excluding tert-OH is 1. The summed E-state index contributed by atoms with van der Waals surface area (Å²) in [6.07, 6.45) is -0.364. The average molecular weight is 321 g/mol. The Morgan fingerprint density at radius 1 is 1.19 bits per heavy atom. The van der Waals surface area contributed by atoms with Crippen LogP contribution < -0.4 is 0 Å². The lowest BCUT2D eigenvalue weighted by molar-refractivity contribution is 0.175. The van der Waals surface area contributed by atoms with Crippen LogP contribution in [0.3, 0.4) is 0 Å². The topological polar surface area (TPSA) is 38.0 Å². The molecule has 1 heterocycles. The van der Waals surface area contributed by atoms with Crippen molar-refractivity contribution in [3.63, 3.8) is 0 Å². The van der Waals surface area contributed by atoms with E-state index in [2.05, 4.69) is 4.98 Å². The van der Waals surface area contributed by atoms with Crippen LogP contribution in [-0.2, 0) is 13.5 Å². The van der Waals surface area contributed by atoms with Gasteiger partial charge in [-0.1, -0.05) is 35.3 Å². The van der Waals surface area contributed by atoms with Crippen LogP contribution in [0.1, 0.15) is 17.5 Å². The lowest BCUT2D eigenvalue weighted by Crippen LogP contribution is -2.07. The highest BCUT2D eigenvalue weighted by atomic mass is 35.5. The SMILES string of the molecule is Cn1c(CC(O)c2cc(Cl)ccc2Cl)nc2ccccc21. The van der Waals surface area contributed by atoms with Crippen molar-refractivity contribution in [2.75, 3.05) is 0 Å². The second kappa shape index (κ2) is 5.68. The first kappa shape index (κ1) is 14.4. The number of halogens is 2. The molecule has 1 unspecified atom stereocenters. The Balaban J connectivity index is 1.94. The highest BCUT2D eigenvalue weighted by Crippen LogP contribution is 2.29. The van der Waals surface area contributed by atoms with E-state index < -0.39 is 6.10 Å². The predicted molar refractivity (Wildman–Crippen MR) is 85.8 cm³/mol. The summed E-state index contributed by atoms with van der Waals surface area (Å²) >= 11 is 12.1. The van der Waals surface area contributed by atoms with Crippen molar-refractivity contribution in [1.82, 2.24) is 9.55 Å². The molecule has 0 amide bonds. The Bertz CT molecular complexity index is 798. The molecular weight excluding hydrogens is 307 g/mol. The van der Waals surface area contributed by atoms with E-state index in [-0.39, 0.29) is 0 Å². The Morgan fingerprint density at radius 2 is 1.95 bits per heavy atom. The van der Waals surface area contributed by atoms with Gasteiger partial charge >= 0.3 is 0 Å². The molecule has 1 atom stereocenters. The molecule has 0 saturated heterocycles. The first-order chi connectivity index (χ1) is 10.1. The summed E-state index contributed by atoms with van der Waals surface area (Å²) in [6, 6.07) is 13.0. The molecule has 3 aromatic rings. The normalized spacial score (nSPS) is 12.8. The minimum atomic E-state index is -0.744. The van der Waals surface area contributed by atoms with Gasteiger partial charge in [-0.2, -0.15) is 0 Å². The number of para-hydroxylation sites is 2. The molecule has 3 nitrogen and oxygen atoms in total. The molecule has 5 heteroatoms. The van der Waals surface area contributed by atoms with E-state index in [0.717, 1.165) is 16.9 Å². The van der Waals surface area contributed by atoms with Crippen LogP contribution in [0.2, 0.25) is 10.0 Å².